The van der Waals surface area contributed by atoms with Gasteiger partial charge in [-0.2, -0.15) is 0 Å². The van der Waals surface area contributed by atoms with Gasteiger partial charge < -0.3 is 10.4 Å². The maximum Gasteiger partial charge on any atom is 0.252 e. The van der Waals surface area contributed by atoms with E-state index in [0.717, 1.165) is 4.88 Å². The normalized spacial score (nSPS) is 12.3. The summed E-state index contributed by atoms with van der Waals surface area (Å²) in [4.78, 5) is 18.0. The molecule has 0 aliphatic carbocycles. The number of hydrogen-bond donors (Lipinski definition) is 2. The third-order valence-electron chi connectivity index (χ3n) is 3.48. The highest BCUT2D eigenvalue weighted by Gasteiger charge is 2.17. The molecule has 0 fully saturated rings. The number of fused-ring (bicyclic) bond motifs is 1. The van der Waals surface area contributed by atoms with Crippen molar-refractivity contribution in [2.75, 3.05) is 13.3 Å². The van der Waals surface area contributed by atoms with Gasteiger partial charge in [0.25, 0.3) is 5.91 Å². The SMILES string of the molecule is O=C(N[C@H](CO)CF)c1cc(-c2cccs2)nc2ccccc12. The van der Waals surface area contributed by atoms with E-state index >= 15 is 0 Å². The summed E-state index contributed by atoms with van der Waals surface area (Å²) in [5, 5.41) is 14.2. The minimum atomic E-state index is -0.903. The van der Waals surface area contributed by atoms with Crippen molar-refractivity contribution in [3.8, 4) is 10.6 Å². The van der Waals surface area contributed by atoms with Crippen molar-refractivity contribution < 1.29 is 14.3 Å². The minimum Gasteiger partial charge on any atom is -0.394 e. The van der Waals surface area contributed by atoms with Crippen LogP contribution in [-0.4, -0.2) is 35.3 Å². The summed E-state index contributed by atoms with van der Waals surface area (Å²) in [6.07, 6.45) is 0. The molecule has 0 bridgehead atoms. The second-order valence-corrected chi connectivity index (χ2v) is 6.00. The molecule has 0 aliphatic heterocycles. The number of aliphatic hydroxyl groups excluding tert-OH is 1. The number of halogens is 1. The number of aromatic nitrogens is 1. The number of nitrogens with zero attached hydrogens (tertiary/aromatic N) is 1. The zero-order chi connectivity index (χ0) is 16.2. The Hall–Kier alpha value is -2.31. The first kappa shape index (κ1) is 15.6. The summed E-state index contributed by atoms with van der Waals surface area (Å²) in [6, 6.07) is 12.0. The van der Waals surface area contributed by atoms with Gasteiger partial charge in [0.1, 0.15) is 6.67 Å². The average molecular weight is 330 g/mol. The van der Waals surface area contributed by atoms with Crippen molar-refractivity contribution in [1.82, 2.24) is 10.3 Å². The number of rotatable bonds is 5. The van der Waals surface area contributed by atoms with Crippen molar-refractivity contribution in [1.29, 1.82) is 0 Å². The van der Waals surface area contributed by atoms with Gasteiger partial charge in [-0.25, -0.2) is 9.37 Å². The van der Waals surface area contributed by atoms with E-state index in [4.69, 9.17) is 5.11 Å². The molecule has 1 atom stereocenters. The number of nitrogens with one attached hydrogen (secondary N) is 1. The van der Waals surface area contributed by atoms with E-state index in [9.17, 15) is 9.18 Å². The Morgan fingerprint density at radius 1 is 1.30 bits per heavy atom. The number of pyridine rings is 1. The number of amides is 1. The summed E-state index contributed by atoms with van der Waals surface area (Å²) in [5.74, 6) is -0.418. The van der Waals surface area contributed by atoms with Crippen LogP contribution in [-0.2, 0) is 0 Å². The van der Waals surface area contributed by atoms with Crippen LogP contribution >= 0.6 is 11.3 Å². The Bertz CT molecular complexity index is 817. The molecule has 23 heavy (non-hydrogen) atoms. The Labute approximate surface area is 136 Å². The first-order chi connectivity index (χ1) is 11.2. The Morgan fingerprint density at radius 3 is 2.83 bits per heavy atom. The molecule has 2 N–H and O–H groups in total. The van der Waals surface area contributed by atoms with E-state index in [1.54, 1.807) is 12.1 Å². The van der Waals surface area contributed by atoms with Gasteiger partial charge in [-0.1, -0.05) is 24.3 Å². The quantitative estimate of drug-likeness (QED) is 0.756. The van der Waals surface area contributed by atoms with E-state index in [0.29, 0.717) is 22.2 Å². The van der Waals surface area contributed by atoms with Crippen molar-refractivity contribution in [3.63, 3.8) is 0 Å². The number of alkyl halides is 1. The van der Waals surface area contributed by atoms with Gasteiger partial charge >= 0.3 is 0 Å². The Kier molecular flexibility index (Phi) is 4.64. The molecule has 118 valence electrons. The lowest BCUT2D eigenvalue weighted by Crippen LogP contribution is -2.39. The van der Waals surface area contributed by atoms with E-state index in [1.165, 1.54) is 11.3 Å². The molecule has 3 rings (SSSR count). The Morgan fingerprint density at radius 2 is 2.13 bits per heavy atom. The van der Waals surface area contributed by atoms with Gasteiger partial charge in [0.05, 0.1) is 34.3 Å². The lowest BCUT2D eigenvalue weighted by atomic mass is 10.1. The lowest BCUT2D eigenvalue weighted by molar-refractivity contribution is 0.0906. The summed E-state index contributed by atoms with van der Waals surface area (Å²) >= 11 is 1.53. The fraction of sp³-hybridized carbons (Fsp3) is 0.176. The molecule has 0 saturated carbocycles. The zero-order valence-corrected chi connectivity index (χ0v) is 13.0. The number of para-hydroxylation sites is 1. The van der Waals surface area contributed by atoms with Crippen LogP contribution in [0.25, 0.3) is 21.5 Å². The minimum absolute atomic E-state index is 0.418. The van der Waals surface area contributed by atoms with Crippen LogP contribution in [0.1, 0.15) is 10.4 Å². The highest BCUT2D eigenvalue weighted by atomic mass is 32.1. The molecular formula is C17H15FN2O2S. The van der Waals surface area contributed by atoms with E-state index in [2.05, 4.69) is 10.3 Å². The molecule has 2 aromatic heterocycles. The van der Waals surface area contributed by atoms with Crippen LogP contribution in [0.4, 0.5) is 4.39 Å². The summed E-state index contributed by atoms with van der Waals surface area (Å²) < 4.78 is 12.8. The second kappa shape index (κ2) is 6.85. The summed E-state index contributed by atoms with van der Waals surface area (Å²) in [5.41, 5.74) is 1.82. The molecule has 1 amide bonds. The average Bonchev–Trinajstić information content (AvgIpc) is 3.13. The number of aliphatic hydroxyl groups is 1. The topological polar surface area (TPSA) is 62.2 Å². The molecule has 0 spiro atoms. The highest BCUT2D eigenvalue weighted by molar-refractivity contribution is 7.13. The van der Waals surface area contributed by atoms with Gasteiger partial charge in [-0.15, -0.1) is 11.3 Å². The van der Waals surface area contributed by atoms with Crippen molar-refractivity contribution in [2.24, 2.45) is 0 Å². The molecule has 2 heterocycles. The molecule has 3 aromatic rings. The molecule has 0 aliphatic rings. The van der Waals surface area contributed by atoms with Crippen molar-refractivity contribution >= 4 is 28.1 Å². The van der Waals surface area contributed by atoms with Crippen molar-refractivity contribution in [2.45, 2.75) is 6.04 Å². The zero-order valence-electron chi connectivity index (χ0n) is 12.2. The smallest absolute Gasteiger partial charge is 0.252 e. The van der Waals surface area contributed by atoms with Gasteiger partial charge in [-0.3, -0.25) is 4.79 Å². The third kappa shape index (κ3) is 3.23. The Balaban J connectivity index is 2.08. The maximum absolute atomic E-state index is 12.8. The second-order valence-electron chi connectivity index (χ2n) is 5.06. The maximum atomic E-state index is 12.8. The standard InChI is InChI=1S/C17H15FN2O2S/c18-9-11(10-21)19-17(22)13-8-15(16-6-3-7-23-16)20-14-5-2-1-4-12(13)14/h1-8,11,21H,9-10H2,(H,19,22)/t11-/m0/s1. The molecule has 0 unspecified atom stereocenters. The van der Waals surface area contributed by atoms with Crippen molar-refractivity contribution in [3.05, 3.63) is 53.4 Å². The third-order valence-corrected chi connectivity index (χ3v) is 4.37. The van der Waals surface area contributed by atoms with Crippen LogP contribution in [0.5, 0.6) is 0 Å². The lowest BCUT2D eigenvalue weighted by Gasteiger charge is -2.14. The van der Waals surface area contributed by atoms with Gasteiger partial charge in [0, 0.05) is 5.39 Å². The number of hydrogen-bond acceptors (Lipinski definition) is 4. The van der Waals surface area contributed by atoms with E-state index in [-0.39, 0.29) is 0 Å². The molecular weight excluding hydrogens is 315 g/mol. The van der Waals surface area contributed by atoms with Crippen LogP contribution in [0, 0.1) is 0 Å². The number of carbonyl (C=O) groups is 1. The van der Waals surface area contributed by atoms with Crippen LogP contribution in [0.3, 0.4) is 0 Å². The molecule has 0 radical (unpaired) electrons. The molecule has 4 nitrogen and oxygen atoms in total. The molecule has 6 heteroatoms. The van der Waals surface area contributed by atoms with Crippen LogP contribution < -0.4 is 5.32 Å². The van der Waals surface area contributed by atoms with Crippen LogP contribution in [0.15, 0.2) is 47.8 Å². The van der Waals surface area contributed by atoms with E-state index < -0.39 is 25.2 Å². The summed E-state index contributed by atoms with van der Waals surface area (Å²) in [6.45, 7) is -1.26. The number of benzene rings is 1. The predicted octanol–water partition coefficient (Wildman–Crippen LogP) is 3.02. The molecule has 0 saturated heterocycles. The van der Waals surface area contributed by atoms with E-state index in [1.807, 2.05) is 35.7 Å². The number of thiophene rings is 1. The monoisotopic (exact) mass is 330 g/mol. The number of carbonyl (C=O) groups excluding carboxylic acids is 1. The largest absolute Gasteiger partial charge is 0.394 e. The van der Waals surface area contributed by atoms with Crippen LogP contribution in [0.2, 0.25) is 0 Å². The first-order valence-corrected chi connectivity index (χ1v) is 8.02. The first-order valence-electron chi connectivity index (χ1n) is 7.14. The fourth-order valence-corrected chi connectivity index (χ4v) is 3.00. The predicted molar refractivity (Wildman–Crippen MR) is 89.4 cm³/mol. The summed E-state index contributed by atoms with van der Waals surface area (Å²) in [7, 11) is 0. The highest BCUT2D eigenvalue weighted by Crippen LogP contribution is 2.27. The van der Waals surface area contributed by atoms with Gasteiger partial charge in [0.2, 0.25) is 0 Å². The fourth-order valence-electron chi connectivity index (χ4n) is 2.31. The van der Waals surface area contributed by atoms with Gasteiger partial charge in [0.15, 0.2) is 0 Å². The molecule has 1 aromatic carbocycles. The van der Waals surface area contributed by atoms with Gasteiger partial charge in [-0.05, 0) is 23.6 Å².